The van der Waals surface area contributed by atoms with Crippen molar-refractivity contribution in [1.82, 2.24) is 4.57 Å². The Kier molecular flexibility index (Phi) is 9.25. The van der Waals surface area contributed by atoms with Crippen LogP contribution in [0.4, 0.5) is 17.1 Å². The highest BCUT2D eigenvalue weighted by molar-refractivity contribution is 6.13. The van der Waals surface area contributed by atoms with E-state index in [4.69, 9.17) is 4.42 Å². The molecule has 1 unspecified atom stereocenters. The number of fused-ring (bicyclic) bond motifs is 15. The second-order valence-electron chi connectivity index (χ2n) is 20.3. The summed E-state index contributed by atoms with van der Waals surface area (Å²) in [4.78, 5) is 2.48. The first-order chi connectivity index (χ1) is 37.7. The van der Waals surface area contributed by atoms with Gasteiger partial charge in [-0.05, 0) is 133 Å². The third-order valence-corrected chi connectivity index (χ3v) is 16.4. The topological polar surface area (TPSA) is 21.3 Å². The normalized spacial score (nSPS) is 14.1. The molecule has 16 rings (SSSR count). The fourth-order valence-corrected chi connectivity index (χ4v) is 13.2. The zero-order valence-corrected chi connectivity index (χ0v) is 41.4. The van der Waals surface area contributed by atoms with Crippen LogP contribution in [0.3, 0.4) is 0 Å². The Morgan fingerprint density at radius 3 is 1.67 bits per heavy atom. The summed E-state index contributed by atoms with van der Waals surface area (Å²) in [6.45, 7) is 0. The van der Waals surface area contributed by atoms with Crippen LogP contribution in [0.25, 0.3) is 105 Å². The van der Waals surface area contributed by atoms with E-state index in [1.807, 2.05) is 12.1 Å². The lowest BCUT2D eigenvalue weighted by molar-refractivity contribution is 0.669. The van der Waals surface area contributed by atoms with E-state index < -0.39 is 5.41 Å². The first-order valence-electron chi connectivity index (χ1n) is 26.2. The van der Waals surface area contributed by atoms with Crippen LogP contribution in [0.2, 0.25) is 0 Å². The maximum atomic E-state index is 6.24. The lowest BCUT2D eigenvalue weighted by Crippen LogP contribution is -2.33. The zero-order valence-electron chi connectivity index (χ0n) is 41.4. The predicted molar refractivity (Wildman–Crippen MR) is 315 cm³/mol. The molecule has 1 aliphatic carbocycles. The number of anilines is 3. The van der Waals surface area contributed by atoms with Crippen LogP contribution < -0.4 is 4.90 Å². The summed E-state index contributed by atoms with van der Waals surface area (Å²) in [7, 11) is 0. The highest BCUT2D eigenvalue weighted by Crippen LogP contribution is 2.62. The summed E-state index contributed by atoms with van der Waals surface area (Å²) in [5.74, 6) is 0. The first-order valence-corrected chi connectivity index (χ1v) is 26.2. The van der Waals surface area contributed by atoms with Crippen LogP contribution in [-0.4, -0.2) is 4.57 Å². The molecule has 2 aliphatic rings. The molecule has 0 fully saturated rings. The SMILES string of the molecule is c1ccc(-c2cccc(-c3ccccc3N(c3ccc(-c4ccc5oc6ccccc6c5c4)cc3)c3ccccc3-c3ccc4c(c3)C3(c5ccccc5-4)c4ccccc4-n4c5ccccc5c5cccc3c54)c2)cc1. The maximum absolute atomic E-state index is 6.24. The number of aromatic nitrogens is 1. The van der Waals surface area contributed by atoms with Crippen LogP contribution in [0.15, 0.2) is 283 Å². The van der Waals surface area contributed by atoms with Crippen LogP contribution in [0.5, 0.6) is 0 Å². The lowest BCUT2D eigenvalue weighted by atomic mass is 9.65. The molecule has 0 radical (unpaired) electrons. The molecular weight excluding hydrogens is 921 g/mol. The Morgan fingerprint density at radius 2 is 0.842 bits per heavy atom. The standard InChI is InChI=1S/C73H46N2O/c1-2-18-47(19-3-1)49-20-16-21-51(44-49)54-22-5-11-31-66(54)74(53-40-36-48(37-41-53)50-39-43-71-61(45-50)59-26-8-15-35-70(59)76-71)67-32-12-6-23-55(67)52-38-42-57-56-24-4-9-28-62(56)73(65(57)46-52)63-29-10-14-34-69(63)75-68-33-13-7-25-58(68)60-27-17-30-64(73)72(60)75/h1-46H. The second kappa shape index (κ2) is 16.5. The highest BCUT2D eigenvalue weighted by Gasteiger charge is 2.51. The van der Waals surface area contributed by atoms with Crippen molar-refractivity contribution in [2.24, 2.45) is 0 Å². The minimum absolute atomic E-state index is 0.574. The van der Waals surface area contributed by atoms with Gasteiger partial charge in [-0.15, -0.1) is 0 Å². The molecule has 1 atom stereocenters. The van der Waals surface area contributed by atoms with Gasteiger partial charge in [-0.2, -0.15) is 0 Å². The van der Waals surface area contributed by atoms with Crippen LogP contribution in [0, 0.1) is 0 Å². The van der Waals surface area contributed by atoms with Gasteiger partial charge in [0.05, 0.1) is 33.5 Å². The Labute approximate surface area is 440 Å². The number of benzene rings is 12. The van der Waals surface area contributed by atoms with E-state index in [-0.39, 0.29) is 0 Å². The molecule has 3 heteroatoms. The van der Waals surface area contributed by atoms with Gasteiger partial charge in [0.25, 0.3) is 0 Å². The van der Waals surface area contributed by atoms with Crippen molar-refractivity contribution in [2.75, 3.05) is 4.90 Å². The first kappa shape index (κ1) is 42.5. The smallest absolute Gasteiger partial charge is 0.135 e. The zero-order chi connectivity index (χ0) is 49.9. The van der Waals surface area contributed by atoms with Crippen LogP contribution in [0.1, 0.15) is 22.3 Å². The summed E-state index contributed by atoms with van der Waals surface area (Å²) in [6, 6.07) is 103. The van der Waals surface area contributed by atoms with E-state index in [0.29, 0.717) is 0 Å². The van der Waals surface area contributed by atoms with Gasteiger partial charge in [0, 0.05) is 38.4 Å². The molecular formula is C73H46N2O. The quantitative estimate of drug-likeness (QED) is 0.159. The molecule has 1 aliphatic heterocycles. The summed E-state index contributed by atoms with van der Waals surface area (Å²) in [5, 5.41) is 4.79. The molecule has 76 heavy (non-hydrogen) atoms. The van der Waals surface area contributed by atoms with Gasteiger partial charge in [-0.1, -0.05) is 212 Å². The van der Waals surface area contributed by atoms with Crippen molar-refractivity contribution >= 4 is 60.8 Å². The van der Waals surface area contributed by atoms with Gasteiger partial charge in [-0.25, -0.2) is 0 Å². The number of nitrogens with zero attached hydrogens (tertiary/aromatic N) is 2. The highest BCUT2D eigenvalue weighted by atomic mass is 16.3. The molecule has 0 N–H and O–H groups in total. The predicted octanol–water partition coefficient (Wildman–Crippen LogP) is 19.5. The number of para-hydroxylation sites is 6. The van der Waals surface area contributed by atoms with Crippen molar-refractivity contribution in [3.8, 4) is 61.3 Å². The summed E-state index contributed by atoms with van der Waals surface area (Å²) >= 11 is 0. The molecule has 354 valence electrons. The van der Waals surface area contributed by atoms with E-state index in [1.165, 1.54) is 72.0 Å². The van der Waals surface area contributed by atoms with Gasteiger partial charge in [-0.3, -0.25) is 0 Å². The van der Waals surface area contributed by atoms with Crippen molar-refractivity contribution in [2.45, 2.75) is 5.41 Å². The Balaban J connectivity index is 0.909. The fourth-order valence-electron chi connectivity index (χ4n) is 13.2. The molecule has 0 saturated heterocycles. The molecule has 0 saturated carbocycles. The number of hydrogen-bond acceptors (Lipinski definition) is 2. The van der Waals surface area contributed by atoms with Gasteiger partial charge >= 0.3 is 0 Å². The van der Waals surface area contributed by atoms with E-state index >= 15 is 0 Å². The molecule has 0 amide bonds. The molecule has 2 aromatic heterocycles. The van der Waals surface area contributed by atoms with Crippen molar-refractivity contribution in [3.05, 3.63) is 301 Å². The van der Waals surface area contributed by atoms with Crippen molar-refractivity contribution in [3.63, 3.8) is 0 Å². The number of furan rings is 1. The van der Waals surface area contributed by atoms with Crippen molar-refractivity contribution < 1.29 is 4.42 Å². The Hall–Kier alpha value is -9.96. The van der Waals surface area contributed by atoms with Gasteiger partial charge in [0.1, 0.15) is 11.2 Å². The average Bonchev–Trinajstić information content (AvgIpc) is 4.15. The number of hydrogen-bond donors (Lipinski definition) is 0. The van der Waals surface area contributed by atoms with Crippen LogP contribution in [-0.2, 0) is 5.41 Å². The molecule has 3 heterocycles. The lowest BCUT2D eigenvalue weighted by Gasteiger charge is -2.39. The summed E-state index contributed by atoms with van der Waals surface area (Å²) in [6.07, 6.45) is 0. The molecule has 1 spiro atoms. The maximum Gasteiger partial charge on any atom is 0.135 e. The minimum atomic E-state index is -0.574. The second-order valence-corrected chi connectivity index (χ2v) is 20.3. The third kappa shape index (κ3) is 6.11. The van der Waals surface area contributed by atoms with E-state index in [1.54, 1.807) is 0 Å². The molecule has 3 nitrogen and oxygen atoms in total. The summed E-state index contributed by atoms with van der Waals surface area (Å²) < 4.78 is 8.76. The monoisotopic (exact) mass is 966 g/mol. The Morgan fingerprint density at radius 1 is 0.303 bits per heavy atom. The van der Waals surface area contributed by atoms with Gasteiger partial charge in [0.2, 0.25) is 0 Å². The Bertz CT molecular complexity index is 4650. The molecule has 0 bridgehead atoms. The fraction of sp³-hybridized carbons (Fsp3) is 0.0137. The third-order valence-electron chi connectivity index (χ3n) is 16.4. The van der Waals surface area contributed by atoms with E-state index in [2.05, 4.69) is 276 Å². The molecule has 14 aromatic rings. The number of rotatable bonds is 7. The van der Waals surface area contributed by atoms with E-state index in [0.717, 1.165) is 72.4 Å². The molecule has 12 aromatic carbocycles. The minimum Gasteiger partial charge on any atom is -0.456 e. The largest absolute Gasteiger partial charge is 0.456 e. The summed E-state index contributed by atoms with van der Waals surface area (Å²) in [5.41, 5.74) is 25.2. The van der Waals surface area contributed by atoms with Gasteiger partial charge in [0.15, 0.2) is 0 Å². The van der Waals surface area contributed by atoms with Crippen LogP contribution >= 0.6 is 0 Å². The van der Waals surface area contributed by atoms with Crippen molar-refractivity contribution in [1.29, 1.82) is 0 Å². The van der Waals surface area contributed by atoms with E-state index in [9.17, 15) is 0 Å². The van der Waals surface area contributed by atoms with Gasteiger partial charge < -0.3 is 13.9 Å². The average molecular weight is 967 g/mol.